The maximum Gasteiger partial charge on any atom is 0.317 e. The predicted octanol–water partition coefficient (Wildman–Crippen LogP) is 5.15. The monoisotopic (exact) mass is 439 g/mol. The molecule has 0 saturated heterocycles. The van der Waals surface area contributed by atoms with Crippen LogP contribution in [-0.4, -0.2) is 42.2 Å². The molecule has 0 aliphatic rings. The minimum absolute atomic E-state index is 0.0807. The number of hydrogen-bond acceptors (Lipinski definition) is 3. The average Bonchev–Trinajstić information content (AvgIpc) is 2.69. The van der Waals surface area contributed by atoms with Crippen molar-refractivity contribution in [1.29, 1.82) is 0 Å². The van der Waals surface area contributed by atoms with Gasteiger partial charge in [0.1, 0.15) is 6.54 Å². The highest BCUT2D eigenvalue weighted by atomic mass is 35.5. The topological polar surface area (TPSA) is 61.4 Å². The van der Waals surface area contributed by atoms with Crippen LogP contribution < -0.4 is 10.6 Å². The third kappa shape index (κ3) is 7.26. The number of carbonyl (C=O) groups is 2. The second-order valence-corrected chi connectivity index (χ2v) is 7.89. The van der Waals surface area contributed by atoms with Gasteiger partial charge in [0.2, 0.25) is 5.91 Å². The summed E-state index contributed by atoms with van der Waals surface area (Å²) in [5.41, 5.74) is 0.352. The summed E-state index contributed by atoms with van der Waals surface area (Å²) in [6.45, 7) is 2.70. The molecule has 0 bridgehead atoms. The fourth-order valence-corrected chi connectivity index (χ4v) is 3.75. The minimum atomic E-state index is -0.355. The van der Waals surface area contributed by atoms with Crippen LogP contribution in [0.4, 0.5) is 10.5 Å². The summed E-state index contributed by atoms with van der Waals surface area (Å²) in [5, 5.41) is 6.22. The third-order valence-electron chi connectivity index (χ3n) is 3.84. The van der Waals surface area contributed by atoms with E-state index in [9.17, 15) is 9.59 Å². The molecule has 0 aliphatic carbocycles. The normalized spacial score (nSPS) is 10.4. The van der Waals surface area contributed by atoms with Gasteiger partial charge in [0.15, 0.2) is 0 Å². The first-order chi connectivity index (χ1) is 13.5. The number of nitrogens with one attached hydrogen (secondary N) is 2. The zero-order valence-electron chi connectivity index (χ0n) is 15.6. The van der Waals surface area contributed by atoms with Gasteiger partial charge in [0.25, 0.3) is 0 Å². The molecule has 5 nitrogen and oxygen atoms in total. The van der Waals surface area contributed by atoms with Crippen molar-refractivity contribution >= 4 is 52.6 Å². The molecule has 0 saturated carbocycles. The van der Waals surface area contributed by atoms with Crippen molar-refractivity contribution < 1.29 is 9.59 Å². The molecule has 2 aromatic rings. The van der Waals surface area contributed by atoms with Gasteiger partial charge in [-0.25, -0.2) is 4.79 Å². The minimum Gasteiger partial charge on any atom is -0.338 e. The molecule has 0 heterocycles. The Kier molecular flexibility index (Phi) is 9.47. The molecule has 0 unspecified atom stereocenters. The number of amides is 3. The number of carbonyl (C=O) groups excluding carboxylic acids is 2. The highest BCUT2D eigenvalue weighted by Crippen LogP contribution is 2.29. The van der Waals surface area contributed by atoms with E-state index in [1.165, 1.54) is 9.80 Å². The van der Waals surface area contributed by atoms with E-state index in [4.69, 9.17) is 23.2 Å². The Bertz CT molecular complexity index is 770. The summed E-state index contributed by atoms with van der Waals surface area (Å²) < 4.78 is 0. The Hall–Kier alpha value is -1.89. The van der Waals surface area contributed by atoms with E-state index in [2.05, 4.69) is 22.8 Å². The molecule has 2 aromatic carbocycles. The van der Waals surface area contributed by atoms with Gasteiger partial charge >= 0.3 is 6.03 Å². The van der Waals surface area contributed by atoms with Crippen molar-refractivity contribution in [2.75, 3.05) is 30.7 Å². The number of para-hydroxylation sites is 1. The quantitative estimate of drug-likeness (QED) is 0.419. The van der Waals surface area contributed by atoms with Gasteiger partial charge in [-0.1, -0.05) is 47.5 Å². The number of hydrogen-bond donors (Lipinski definition) is 2. The fraction of sp³-hybridized carbons (Fsp3) is 0.300. The standard InChI is InChI=1S/C20H23Cl2N3O2S/c1-2-25(14-18(26)24-19-16(21)10-6-11-17(19)22)20(27)23-12-7-13-28-15-8-4-3-5-9-15/h3-6,8-11H,2,7,12-14H2,1H3,(H,23,27)(H,24,26). The summed E-state index contributed by atoms with van der Waals surface area (Å²) in [6, 6.07) is 14.8. The van der Waals surface area contributed by atoms with Crippen molar-refractivity contribution in [3.05, 3.63) is 58.6 Å². The Morgan fingerprint density at radius 3 is 2.36 bits per heavy atom. The molecule has 150 valence electrons. The molecule has 0 spiro atoms. The molecule has 0 aliphatic heterocycles. The van der Waals surface area contributed by atoms with Crippen molar-refractivity contribution in [3.8, 4) is 0 Å². The van der Waals surface area contributed by atoms with Gasteiger partial charge in [-0.15, -0.1) is 11.8 Å². The SMILES string of the molecule is CCN(CC(=O)Nc1c(Cl)cccc1Cl)C(=O)NCCCSc1ccccc1. The van der Waals surface area contributed by atoms with Crippen LogP contribution in [0.5, 0.6) is 0 Å². The fourth-order valence-electron chi connectivity index (χ4n) is 2.38. The van der Waals surface area contributed by atoms with Crippen LogP contribution in [0.15, 0.2) is 53.4 Å². The summed E-state index contributed by atoms with van der Waals surface area (Å²) in [6.07, 6.45) is 0.838. The van der Waals surface area contributed by atoms with Gasteiger partial charge in [-0.2, -0.15) is 0 Å². The van der Waals surface area contributed by atoms with Crippen LogP contribution in [0.1, 0.15) is 13.3 Å². The lowest BCUT2D eigenvalue weighted by Crippen LogP contribution is -2.44. The molecule has 3 amide bonds. The molecular weight excluding hydrogens is 417 g/mol. The number of likely N-dealkylation sites (N-methyl/N-ethyl adjacent to an activating group) is 1. The molecule has 0 radical (unpaired) electrons. The molecule has 28 heavy (non-hydrogen) atoms. The van der Waals surface area contributed by atoms with Crippen LogP contribution >= 0.6 is 35.0 Å². The smallest absolute Gasteiger partial charge is 0.317 e. The second-order valence-electron chi connectivity index (χ2n) is 5.91. The predicted molar refractivity (Wildman–Crippen MR) is 118 cm³/mol. The first-order valence-corrected chi connectivity index (χ1v) is 10.7. The van der Waals surface area contributed by atoms with Gasteiger partial charge in [0.05, 0.1) is 15.7 Å². The lowest BCUT2D eigenvalue weighted by atomic mass is 10.3. The summed E-state index contributed by atoms with van der Waals surface area (Å²) in [4.78, 5) is 27.2. The maximum atomic E-state index is 12.3. The molecule has 2 N–H and O–H groups in total. The van der Waals surface area contributed by atoms with Crippen LogP contribution in [-0.2, 0) is 4.79 Å². The van der Waals surface area contributed by atoms with Crippen LogP contribution in [0.25, 0.3) is 0 Å². The number of benzene rings is 2. The number of anilines is 1. The largest absolute Gasteiger partial charge is 0.338 e. The second kappa shape index (κ2) is 11.8. The Balaban J connectivity index is 1.74. The number of rotatable bonds is 9. The van der Waals surface area contributed by atoms with Crippen LogP contribution in [0.2, 0.25) is 10.0 Å². The zero-order chi connectivity index (χ0) is 20.4. The summed E-state index contributed by atoms with van der Waals surface area (Å²) >= 11 is 13.9. The Labute approximate surface area is 179 Å². The highest BCUT2D eigenvalue weighted by molar-refractivity contribution is 7.99. The first kappa shape index (κ1) is 22.4. The van der Waals surface area contributed by atoms with Crippen molar-refractivity contribution in [1.82, 2.24) is 10.2 Å². The molecule has 0 aromatic heterocycles. The lowest BCUT2D eigenvalue weighted by Gasteiger charge is -2.21. The van der Waals surface area contributed by atoms with Crippen molar-refractivity contribution in [2.45, 2.75) is 18.2 Å². The van der Waals surface area contributed by atoms with E-state index in [0.717, 1.165) is 12.2 Å². The summed E-state index contributed by atoms with van der Waals surface area (Å²) in [5.74, 6) is 0.550. The molecule has 2 rings (SSSR count). The van der Waals surface area contributed by atoms with E-state index < -0.39 is 0 Å². The van der Waals surface area contributed by atoms with E-state index in [1.54, 1.807) is 30.0 Å². The molecular formula is C20H23Cl2N3O2S. The number of thioether (sulfide) groups is 1. The number of nitrogens with zero attached hydrogens (tertiary/aromatic N) is 1. The van der Waals surface area contributed by atoms with Gasteiger partial charge < -0.3 is 15.5 Å². The maximum absolute atomic E-state index is 12.3. The van der Waals surface area contributed by atoms with Gasteiger partial charge in [0, 0.05) is 18.0 Å². The van der Waals surface area contributed by atoms with E-state index >= 15 is 0 Å². The van der Waals surface area contributed by atoms with Crippen LogP contribution in [0, 0.1) is 0 Å². The van der Waals surface area contributed by atoms with E-state index in [0.29, 0.717) is 28.8 Å². The van der Waals surface area contributed by atoms with Gasteiger partial charge in [-0.05, 0) is 43.4 Å². The van der Waals surface area contributed by atoms with E-state index in [-0.39, 0.29) is 18.5 Å². The molecule has 0 atom stereocenters. The molecule has 0 fully saturated rings. The van der Waals surface area contributed by atoms with Crippen molar-refractivity contribution in [3.63, 3.8) is 0 Å². The molecule has 8 heteroatoms. The lowest BCUT2D eigenvalue weighted by molar-refractivity contribution is -0.116. The Morgan fingerprint density at radius 1 is 1.04 bits per heavy atom. The van der Waals surface area contributed by atoms with Crippen LogP contribution in [0.3, 0.4) is 0 Å². The average molecular weight is 440 g/mol. The first-order valence-electron chi connectivity index (χ1n) is 8.95. The number of urea groups is 1. The van der Waals surface area contributed by atoms with Gasteiger partial charge in [-0.3, -0.25) is 4.79 Å². The Morgan fingerprint density at radius 2 is 1.71 bits per heavy atom. The van der Waals surface area contributed by atoms with Crippen molar-refractivity contribution in [2.24, 2.45) is 0 Å². The third-order valence-corrected chi connectivity index (χ3v) is 5.57. The summed E-state index contributed by atoms with van der Waals surface area (Å²) in [7, 11) is 0. The number of halogens is 2. The highest BCUT2D eigenvalue weighted by Gasteiger charge is 2.17. The van der Waals surface area contributed by atoms with E-state index in [1.807, 2.05) is 25.1 Å². The zero-order valence-corrected chi connectivity index (χ0v) is 17.9.